The molecule has 0 aliphatic carbocycles. The molecule has 2 nitrogen and oxygen atoms in total. The summed E-state index contributed by atoms with van der Waals surface area (Å²) in [6.07, 6.45) is 1.08. The molecular formula is C14H16N2S. The van der Waals surface area contributed by atoms with Crippen LogP contribution in [0.4, 0.5) is 5.69 Å². The number of fused-ring (bicyclic) bond motifs is 1. The lowest BCUT2D eigenvalue weighted by atomic mass is 9.98. The largest absolute Gasteiger partial charge is 0.398 e. The normalized spacial score (nSPS) is 15.8. The number of rotatable bonds is 2. The van der Waals surface area contributed by atoms with Crippen LogP contribution in [-0.4, -0.2) is 11.4 Å². The summed E-state index contributed by atoms with van der Waals surface area (Å²) < 4.78 is 0. The van der Waals surface area contributed by atoms with Crippen LogP contribution in [0.2, 0.25) is 0 Å². The van der Waals surface area contributed by atoms with E-state index in [1.807, 2.05) is 6.07 Å². The van der Waals surface area contributed by atoms with E-state index in [4.69, 9.17) is 5.73 Å². The van der Waals surface area contributed by atoms with E-state index in [-0.39, 0.29) is 0 Å². The van der Waals surface area contributed by atoms with Crippen LogP contribution in [0.3, 0.4) is 0 Å². The number of anilines is 1. The maximum absolute atomic E-state index is 6.01. The molecule has 1 aliphatic heterocycles. The van der Waals surface area contributed by atoms with E-state index in [1.54, 1.807) is 11.3 Å². The Morgan fingerprint density at radius 3 is 3.06 bits per heavy atom. The van der Waals surface area contributed by atoms with Crippen molar-refractivity contribution in [1.82, 2.24) is 4.90 Å². The number of nitrogens with two attached hydrogens (primary N) is 1. The van der Waals surface area contributed by atoms with E-state index < -0.39 is 0 Å². The predicted octanol–water partition coefficient (Wildman–Crippen LogP) is 2.89. The predicted molar refractivity (Wildman–Crippen MR) is 73.0 cm³/mol. The smallest absolute Gasteiger partial charge is 0.0350 e. The number of hydrogen-bond donors (Lipinski definition) is 1. The van der Waals surface area contributed by atoms with Gasteiger partial charge in [0.2, 0.25) is 0 Å². The number of thiophene rings is 1. The maximum atomic E-state index is 6.01. The minimum absolute atomic E-state index is 0.956. The van der Waals surface area contributed by atoms with Crippen molar-refractivity contribution in [2.75, 3.05) is 12.3 Å². The summed E-state index contributed by atoms with van der Waals surface area (Å²) in [6, 6.07) is 8.47. The quantitative estimate of drug-likeness (QED) is 0.823. The van der Waals surface area contributed by atoms with Crippen LogP contribution < -0.4 is 5.73 Å². The van der Waals surface area contributed by atoms with Crippen molar-refractivity contribution in [3.05, 3.63) is 51.7 Å². The summed E-state index contributed by atoms with van der Waals surface area (Å²) in [6.45, 7) is 3.19. The van der Waals surface area contributed by atoms with Crippen molar-refractivity contribution in [2.45, 2.75) is 19.5 Å². The van der Waals surface area contributed by atoms with Gasteiger partial charge in [-0.2, -0.15) is 11.3 Å². The minimum Gasteiger partial charge on any atom is -0.398 e. The van der Waals surface area contributed by atoms with Crippen molar-refractivity contribution in [1.29, 1.82) is 0 Å². The lowest BCUT2D eigenvalue weighted by Crippen LogP contribution is -2.30. The first-order valence-electron chi connectivity index (χ1n) is 5.92. The fraction of sp³-hybridized carbons (Fsp3) is 0.286. The highest BCUT2D eigenvalue weighted by Gasteiger charge is 2.17. The molecule has 0 spiro atoms. The molecule has 3 rings (SSSR count). The van der Waals surface area contributed by atoms with Gasteiger partial charge in [-0.1, -0.05) is 12.1 Å². The molecule has 2 aromatic rings. The van der Waals surface area contributed by atoms with Gasteiger partial charge in [0.05, 0.1) is 0 Å². The Morgan fingerprint density at radius 1 is 1.29 bits per heavy atom. The molecule has 17 heavy (non-hydrogen) atoms. The van der Waals surface area contributed by atoms with Crippen LogP contribution in [0.25, 0.3) is 0 Å². The Bertz CT molecular complexity index is 505. The molecular weight excluding hydrogens is 228 g/mol. The Balaban J connectivity index is 1.77. The Kier molecular flexibility index (Phi) is 2.87. The summed E-state index contributed by atoms with van der Waals surface area (Å²) in [7, 11) is 0. The van der Waals surface area contributed by atoms with Crippen LogP contribution in [0.5, 0.6) is 0 Å². The number of nitrogen functional groups attached to an aromatic ring is 1. The average Bonchev–Trinajstić information content (AvgIpc) is 2.82. The van der Waals surface area contributed by atoms with E-state index in [0.29, 0.717) is 0 Å². The topological polar surface area (TPSA) is 29.3 Å². The second-order valence-corrected chi connectivity index (χ2v) is 5.36. The lowest BCUT2D eigenvalue weighted by molar-refractivity contribution is 0.246. The van der Waals surface area contributed by atoms with Crippen LogP contribution in [0, 0.1) is 0 Å². The van der Waals surface area contributed by atoms with Gasteiger partial charge in [0.25, 0.3) is 0 Å². The van der Waals surface area contributed by atoms with Crippen molar-refractivity contribution < 1.29 is 0 Å². The first-order chi connectivity index (χ1) is 8.33. The van der Waals surface area contributed by atoms with E-state index >= 15 is 0 Å². The molecule has 1 aromatic carbocycles. The third kappa shape index (κ3) is 2.21. The van der Waals surface area contributed by atoms with E-state index in [2.05, 4.69) is 33.9 Å². The highest BCUT2D eigenvalue weighted by atomic mass is 32.1. The van der Waals surface area contributed by atoms with Gasteiger partial charge in [-0.05, 0) is 46.0 Å². The summed E-state index contributed by atoms with van der Waals surface area (Å²) in [5.74, 6) is 0. The van der Waals surface area contributed by atoms with Crippen LogP contribution in [0.15, 0.2) is 35.0 Å². The summed E-state index contributed by atoms with van der Waals surface area (Å²) in [5, 5.41) is 4.38. The molecule has 88 valence electrons. The molecule has 0 unspecified atom stereocenters. The van der Waals surface area contributed by atoms with Gasteiger partial charge < -0.3 is 5.73 Å². The number of nitrogens with zero attached hydrogens (tertiary/aromatic N) is 1. The van der Waals surface area contributed by atoms with E-state index in [0.717, 1.165) is 31.7 Å². The Labute approximate surface area is 106 Å². The van der Waals surface area contributed by atoms with Gasteiger partial charge in [0, 0.05) is 25.3 Å². The fourth-order valence-electron chi connectivity index (χ4n) is 2.47. The second-order valence-electron chi connectivity index (χ2n) is 4.58. The van der Waals surface area contributed by atoms with Gasteiger partial charge in [-0.25, -0.2) is 0 Å². The highest BCUT2D eigenvalue weighted by Crippen LogP contribution is 2.25. The average molecular weight is 244 g/mol. The van der Waals surface area contributed by atoms with Crippen LogP contribution in [0.1, 0.15) is 16.7 Å². The van der Waals surface area contributed by atoms with Crippen molar-refractivity contribution in [2.24, 2.45) is 0 Å². The molecule has 0 bridgehead atoms. The SMILES string of the molecule is Nc1cccc2c1CCN(Cc1ccsc1)C2. The maximum Gasteiger partial charge on any atom is 0.0350 e. The molecule has 0 fully saturated rings. The van der Waals surface area contributed by atoms with Gasteiger partial charge >= 0.3 is 0 Å². The molecule has 1 aromatic heterocycles. The molecule has 0 saturated heterocycles. The number of benzene rings is 1. The Hall–Kier alpha value is -1.32. The fourth-order valence-corrected chi connectivity index (χ4v) is 3.13. The van der Waals surface area contributed by atoms with Crippen molar-refractivity contribution in [3.63, 3.8) is 0 Å². The molecule has 0 radical (unpaired) electrons. The summed E-state index contributed by atoms with van der Waals surface area (Å²) >= 11 is 1.77. The first-order valence-corrected chi connectivity index (χ1v) is 6.87. The van der Waals surface area contributed by atoms with Gasteiger partial charge in [0.1, 0.15) is 0 Å². The van der Waals surface area contributed by atoms with Crippen LogP contribution in [-0.2, 0) is 19.5 Å². The summed E-state index contributed by atoms with van der Waals surface area (Å²) in [5.41, 5.74) is 11.1. The summed E-state index contributed by atoms with van der Waals surface area (Å²) in [4.78, 5) is 2.49. The Morgan fingerprint density at radius 2 is 2.24 bits per heavy atom. The zero-order valence-electron chi connectivity index (χ0n) is 9.73. The van der Waals surface area contributed by atoms with Crippen LogP contribution >= 0.6 is 11.3 Å². The molecule has 0 atom stereocenters. The molecule has 2 heterocycles. The third-order valence-corrected chi connectivity index (χ3v) is 4.10. The first kappa shape index (κ1) is 10.8. The molecule has 3 heteroatoms. The number of hydrogen-bond acceptors (Lipinski definition) is 3. The third-order valence-electron chi connectivity index (χ3n) is 3.37. The molecule has 0 saturated carbocycles. The minimum atomic E-state index is 0.956. The standard InChI is InChI=1S/C14H16N2S/c15-14-3-1-2-12-9-16(6-4-13(12)14)8-11-5-7-17-10-11/h1-3,5,7,10H,4,6,8-9,15H2. The highest BCUT2D eigenvalue weighted by molar-refractivity contribution is 7.07. The van der Waals surface area contributed by atoms with E-state index in [9.17, 15) is 0 Å². The molecule has 2 N–H and O–H groups in total. The lowest BCUT2D eigenvalue weighted by Gasteiger charge is -2.29. The second kappa shape index (κ2) is 4.51. The van der Waals surface area contributed by atoms with Gasteiger partial charge in [-0.15, -0.1) is 0 Å². The zero-order valence-corrected chi connectivity index (χ0v) is 10.5. The van der Waals surface area contributed by atoms with Crippen molar-refractivity contribution >= 4 is 17.0 Å². The van der Waals surface area contributed by atoms with Gasteiger partial charge in [-0.3, -0.25) is 4.90 Å². The van der Waals surface area contributed by atoms with E-state index in [1.165, 1.54) is 16.7 Å². The molecule has 0 amide bonds. The zero-order chi connectivity index (χ0) is 11.7. The van der Waals surface area contributed by atoms with Gasteiger partial charge in [0.15, 0.2) is 0 Å². The monoisotopic (exact) mass is 244 g/mol. The molecule has 1 aliphatic rings. The van der Waals surface area contributed by atoms with Crippen molar-refractivity contribution in [3.8, 4) is 0 Å².